The van der Waals surface area contributed by atoms with Crippen molar-refractivity contribution in [2.75, 3.05) is 25.0 Å². The normalized spacial score (nSPS) is 13.7. The Balaban J connectivity index is 1.74. The zero-order chi connectivity index (χ0) is 21.2. The summed E-state index contributed by atoms with van der Waals surface area (Å²) in [5.74, 6) is -1.66. The fraction of sp³-hybridized carbons (Fsp3) is 0.250. The van der Waals surface area contributed by atoms with Crippen LogP contribution in [0.4, 0.5) is 5.69 Å². The Morgan fingerprint density at radius 1 is 0.966 bits per heavy atom. The number of benzene rings is 2. The van der Waals surface area contributed by atoms with Gasteiger partial charge in [0.15, 0.2) is 0 Å². The number of rotatable bonds is 7. The maximum Gasteiger partial charge on any atom is 0.262 e. The van der Waals surface area contributed by atoms with Gasteiger partial charge in [0.2, 0.25) is 15.9 Å². The molecule has 0 aromatic heterocycles. The zero-order valence-electron chi connectivity index (χ0n) is 16.1. The summed E-state index contributed by atoms with van der Waals surface area (Å²) in [5, 5.41) is 2.56. The molecule has 0 bridgehead atoms. The second-order valence-electron chi connectivity index (χ2n) is 6.41. The minimum Gasteiger partial charge on any atom is -0.324 e. The van der Waals surface area contributed by atoms with E-state index >= 15 is 0 Å². The van der Waals surface area contributed by atoms with E-state index in [1.807, 2.05) is 0 Å². The lowest BCUT2D eigenvalue weighted by Gasteiger charge is -2.19. The summed E-state index contributed by atoms with van der Waals surface area (Å²) < 4.78 is 26.6. The SMILES string of the molecule is CCN(CC)S(=O)(=O)c1cccc(NC(=O)CN2C(=O)c3ccccc3C2=O)c1. The van der Waals surface area contributed by atoms with Crippen molar-refractivity contribution in [3.63, 3.8) is 0 Å². The summed E-state index contributed by atoms with van der Waals surface area (Å²) >= 11 is 0. The van der Waals surface area contributed by atoms with Crippen LogP contribution in [0.2, 0.25) is 0 Å². The highest BCUT2D eigenvalue weighted by atomic mass is 32.2. The number of hydrogen-bond donors (Lipinski definition) is 1. The van der Waals surface area contributed by atoms with Crippen LogP contribution in [0.1, 0.15) is 34.6 Å². The van der Waals surface area contributed by atoms with E-state index in [1.54, 1.807) is 32.0 Å². The smallest absolute Gasteiger partial charge is 0.262 e. The number of sulfonamides is 1. The Morgan fingerprint density at radius 2 is 1.55 bits per heavy atom. The fourth-order valence-electron chi connectivity index (χ4n) is 3.17. The van der Waals surface area contributed by atoms with Gasteiger partial charge in [-0.05, 0) is 30.3 Å². The van der Waals surface area contributed by atoms with Gasteiger partial charge in [-0.1, -0.05) is 32.0 Å². The molecule has 9 heteroatoms. The molecule has 0 radical (unpaired) electrons. The highest BCUT2D eigenvalue weighted by Crippen LogP contribution is 2.23. The van der Waals surface area contributed by atoms with Gasteiger partial charge < -0.3 is 5.32 Å². The summed E-state index contributed by atoms with van der Waals surface area (Å²) in [7, 11) is -3.67. The molecule has 0 saturated carbocycles. The quantitative estimate of drug-likeness (QED) is 0.696. The van der Waals surface area contributed by atoms with Gasteiger partial charge in [0, 0.05) is 18.8 Å². The van der Waals surface area contributed by atoms with E-state index in [9.17, 15) is 22.8 Å². The van der Waals surface area contributed by atoms with Crippen LogP contribution >= 0.6 is 0 Å². The van der Waals surface area contributed by atoms with E-state index in [0.29, 0.717) is 13.1 Å². The number of carbonyl (C=O) groups is 3. The molecule has 3 amide bonds. The van der Waals surface area contributed by atoms with E-state index in [1.165, 1.54) is 34.6 Å². The Hall–Kier alpha value is -3.04. The average Bonchev–Trinajstić information content (AvgIpc) is 2.94. The van der Waals surface area contributed by atoms with E-state index in [4.69, 9.17) is 0 Å². The minimum atomic E-state index is -3.67. The number of hydrogen-bond acceptors (Lipinski definition) is 5. The standard InChI is InChI=1S/C20H21N3O5S/c1-3-22(4-2)29(27,28)15-9-7-8-14(12-15)21-18(24)13-23-19(25)16-10-5-6-11-17(16)20(23)26/h5-12H,3-4,13H2,1-2H3,(H,21,24). The van der Waals surface area contributed by atoms with Gasteiger partial charge in [-0.2, -0.15) is 4.31 Å². The number of fused-ring (bicyclic) bond motifs is 1. The van der Waals surface area contributed by atoms with Crippen molar-refractivity contribution in [2.24, 2.45) is 0 Å². The number of carbonyl (C=O) groups excluding carboxylic acids is 3. The Morgan fingerprint density at radius 3 is 2.10 bits per heavy atom. The molecule has 0 aliphatic carbocycles. The molecule has 0 fully saturated rings. The van der Waals surface area contributed by atoms with Gasteiger partial charge in [-0.3, -0.25) is 19.3 Å². The van der Waals surface area contributed by atoms with Gasteiger partial charge in [0.05, 0.1) is 16.0 Å². The average molecular weight is 415 g/mol. The molecule has 0 saturated heterocycles. The van der Waals surface area contributed by atoms with E-state index < -0.39 is 34.3 Å². The summed E-state index contributed by atoms with van der Waals surface area (Å²) in [6.07, 6.45) is 0. The van der Waals surface area contributed by atoms with Crippen LogP contribution in [0.25, 0.3) is 0 Å². The molecular formula is C20H21N3O5S. The van der Waals surface area contributed by atoms with E-state index in [2.05, 4.69) is 5.32 Å². The molecule has 0 atom stereocenters. The van der Waals surface area contributed by atoms with Gasteiger partial charge in [0.1, 0.15) is 6.54 Å². The third kappa shape index (κ3) is 3.92. The zero-order valence-corrected chi connectivity index (χ0v) is 16.9. The Labute approximate surface area is 169 Å². The van der Waals surface area contributed by atoms with Crippen LogP contribution < -0.4 is 5.32 Å². The monoisotopic (exact) mass is 415 g/mol. The molecule has 1 aliphatic rings. The van der Waals surface area contributed by atoms with Crippen molar-refractivity contribution < 1.29 is 22.8 Å². The molecule has 29 heavy (non-hydrogen) atoms. The third-order valence-corrected chi connectivity index (χ3v) is 6.69. The number of nitrogens with one attached hydrogen (secondary N) is 1. The van der Waals surface area contributed by atoms with Crippen LogP contribution in [0, 0.1) is 0 Å². The largest absolute Gasteiger partial charge is 0.324 e. The van der Waals surface area contributed by atoms with Crippen LogP contribution in [-0.2, 0) is 14.8 Å². The number of imide groups is 1. The van der Waals surface area contributed by atoms with Crippen LogP contribution in [0.5, 0.6) is 0 Å². The lowest BCUT2D eigenvalue weighted by molar-refractivity contribution is -0.116. The van der Waals surface area contributed by atoms with Crippen LogP contribution in [-0.4, -0.2) is 55.0 Å². The molecular weight excluding hydrogens is 394 g/mol. The molecule has 2 aromatic rings. The summed E-state index contributed by atoms with van der Waals surface area (Å²) in [5.41, 5.74) is 0.787. The topological polar surface area (TPSA) is 104 Å². The second-order valence-corrected chi connectivity index (χ2v) is 8.35. The summed E-state index contributed by atoms with van der Waals surface area (Å²) in [6.45, 7) is 3.69. The second kappa shape index (κ2) is 8.14. The fourth-order valence-corrected chi connectivity index (χ4v) is 4.68. The van der Waals surface area contributed by atoms with Crippen LogP contribution in [0.3, 0.4) is 0 Å². The molecule has 8 nitrogen and oxygen atoms in total. The van der Waals surface area contributed by atoms with E-state index in [0.717, 1.165) is 4.90 Å². The molecule has 1 heterocycles. The number of anilines is 1. The molecule has 1 aliphatic heterocycles. The predicted molar refractivity (Wildman–Crippen MR) is 107 cm³/mol. The summed E-state index contributed by atoms with van der Waals surface area (Å²) in [4.78, 5) is 38.1. The first-order valence-corrected chi connectivity index (χ1v) is 10.6. The highest BCUT2D eigenvalue weighted by molar-refractivity contribution is 7.89. The van der Waals surface area contributed by atoms with Crippen molar-refractivity contribution in [3.05, 3.63) is 59.7 Å². The van der Waals surface area contributed by atoms with Crippen molar-refractivity contribution >= 4 is 33.4 Å². The molecule has 1 N–H and O–H groups in total. The molecule has 0 unspecified atom stereocenters. The predicted octanol–water partition coefficient (Wildman–Crippen LogP) is 1.95. The molecule has 0 spiro atoms. The first-order chi connectivity index (χ1) is 13.8. The first-order valence-electron chi connectivity index (χ1n) is 9.14. The Bertz CT molecular complexity index is 1040. The van der Waals surface area contributed by atoms with Gasteiger partial charge >= 0.3 is 0 Å². The summed E-state index contributed by atoms with van der Waals surface area (Å²) in [6, 6.07) is 12.2. The van der Waals surface area contributed by atoms with Crippen molar-refractivity contribution in [1.82, 2.24) is 9.21 Å². The molecule has 2 aromatic carbocycles. The lowest BCUT2D eigenvalue weighted by atomic mass is 10.1. The van der Waals surface area contributed by atoms with Gasteiger partial charge in [0.25, 0.3) is 11.8 Å². The minimum absolute atomic E-state index is 0.0553. The highest BCUT2D eigenvalue weighted by Gasteiger charge is 2.36. The molecule has 3 rings (SSSR count). The van der Waals surface area contributed by atoms with Gasteiger partial charge in [-0.15, -0.1) is 0 Å². The third-order valence-electron chi connectivity index (χ3n) is 4.64. The number of amides is 3. The van der Waals surface area contributed by atoms with Crippen molar-refractivity contribution in [3.8, 4) is 0 Å². The first kappa shape index (κ1) is 20.7. The maximum absolute atomic E-state index is 12.6. The Kier molecular flexibility index (Phi) is 5.81. The lowest BCUT2D eigenvalue weighted by Crippen LogP contribution is -2.37. The van der Waals surface area contributed by atoms with Gasteiger partial charge in [-0.25, -0.2) is 8.42 Å². The van der Waals surface area contributed by atoms with Crippen molar-refractivity contribution in [1.29, 1.82) is 0 Å². The van der Waals surface area contributed by atoms with E-state index in [-0.39, 0.29) is 21.7 Å². The molecule has 152 valence electrons. The maximum atomic E-state index is 12.6. The van der Waals surface area contributed by atoms with Crippen molar-refractivity contribution in [2.45, 2.75) is 18.7 Å². The van der Waals surface area contributed by atoms with Crippen LogP contribution in [0.15, 0.2) is 53.4 Å². The number of nitrogens with zero attached hydrogens (tertiary/aromatic N) is 2.